The Morgan fingerprint density at radius 1 is 1.58 bits per heavy atom. The van der Waals surface area contributed by atoms with Crippen LogP contribution in [0.3, 0.4) is 0 Å². The summed E-state index contributed by atoms with van der Waals surface area (Å²) in [5.74, 6) is 0.475. The Kier molecular flexibility index (Phi) is 2.15. The Balaban J connectivity index is 2.35. The molecule has 0 fully saturated rings. The molecule has 0 unspecified atom stereocenters. The zero-order valence-corrected chi connectivity index (χ0v) is 7.73. The van der Waals surface area contributed by atoms with Crippen molar-refractivity contribution in [2.24, 2.45) is 0 Å². The topological polar surface area (TPSA) is 26.0 Å². The zero-order chi connectivity index (χ0) is 8.39. The molecule has 0 aliphatic rings. The van der Waals surface area contributed by atoms with E-state index in [4.69, 9.17) is 16.0 Å². The number of thiazole rings is 1. The molecule has 2 nitrogen and oxygen atoms in total. The number of hydrogen-bond acceptors (Lipinski definition) is 3. The van der Waals surface area contributed by atoms with Gasteiger partial charge in [-0.25, -0.2) is 4.98 Å². The molecule has 0 aliphatic heterocycles. The number of nitrogens with zero attached hydrogens (tertiary/aromatic N) is 1. The average molecular weight is 200 g/mol. The van der Waals surface area contributed by atoms with Gasteiger partial charge in [0, 0.05) is 10.9 Å². The number of alkyl halides is 1. The zero-order valence-electron chi connectivity index (χ0n) is 6.16. The van der Waals surface area contributed by atoms with Crippen LogP contribution < -0.4 is 0 Å². The maximum Gasteiger partial charge on any atom is 0.108 e. The Morgan fingerprint density at radius 3 is 3.08 bits per heavy atom. The van der Waals surface area contributed by atoms with E-state index in [1.807, 2.05) is 11.4 Å². The number of hydrogen-bond donors (Lipinski definition) is 0. The van der Waals surface area contributed by atoms with Gasteiger partial charge in [0.2, 0.25) is 0 Å². The maximum atomic E-state index is 5.63. The van der Waals surface area contributed by atoms with E-state index >= 15 is 0 Å². The Morgan fingerprint density at radius 2 is 2.50 bits per heavy atom. The number of halogens is 1. The largest absolute Gasteiger partial charge is 0.472 e. The lowest BCUT2D eigenvalue weighted by molar-refractivity contribution is 0.568. The number of aromatic nitrogens is 1. The van der Waals surface area contributed by atoms with Crippen LogP contribution in [0.1, 0.15) is 5.01 Å². The first-order chi connectivity index (χ1) is 5.90. The minimum Gasteiger partial charge on any atom is -0.472 e. The fourth-order valence-electron chi connectivity index (χ4n) is 0.915. The van der Waals surface area contributed by atoms with Crippen molar-refractivity contribution in [2.75, 3.05) is 0 Å². The highest BCUT2D eigenvalue weighted by atomic mass is 35.5. The molecule has 0 saturated carbocycles. The minimum atomic E-state index is 0.475. The van der Waals surface area contributed by atoms with Gasteiger partial charge in [-0.15, -0.1) is 22.9 Å². The molecule has 0 aliphatic carbocycles. The molecule has 0 saturated heterocycles. The Labute approximate surface area is 78.8 Å². The van der Waals surface area contributed by atoms with Gasteiger partial charge >= 0.3 is 0 Å². The molecule has 12 heavy (non-hydrogen) atoms. The highest BCUT2D eigenvalue weighted by Gasteiger charge is 2.03. The first-order valence-electron chi connectivity index (χ1n) is 3.43. The average Bonchev–Trinajstić information content (AvgIpc) is 2.75. The van der Waals surface area contributed by atoms with Gasteiger partial charge in [0.25, 0.3) is 0 Å². The summed E-state index contributed by atoms with van der Waals surface area (Å²) >= 11 is 7.19. The van der Waals surface area contributed by atoms with Crippen molar-refractivity contribution in [2.45, 2.75) is 5.88 Å². The highest BCUT2D eigenvalue weighted by molar-refractivity contribution is 7.10. The van der Waals surface area contributed by atoms with Crippen LogP contribution in [-0.2, 0) is 5.88 Å². The van der Waals surface area contributed by atoms with Crippen LogP contribution in [0.15, 0.2) is 28.4 Å². The van der Waals surface area contributed by atoms with Crippen molar-refractivity contribution in [3.05, 3.63) is 29.0 Å². The second-order valence-electron chi connectivity index (χ2n) is 2.27. The summed E-state index contributed by atoms with van der Waals surface area (Å²) in [5.41, 5.74) is 1.94. The van der Waals surface area contributed by atoms with E-state index in [-0.39, 0.29) is 0 Å². The molecule has 4 heteroatoms. The summed E-state index contributed by atoms with van der Waals surface area (Å²) in [5, 5.41) is 2.91. The maximum absolute atomic E-state index is 5.63. The third-order valence-corrected chi connectivity index (χ3v) is 2.74. The Hall–Kier alpha value is -0.800. The van der Waals surface area contributed by atoms with Gasteiger partial charge in [0.1, 0.15) is 5.01 Å². The molecule has 0 spiro atoms. The standard InChI is InChI=1S/C8H6ClNOS/c9-3-8-10-7(5-12-8)6-1-2-11-4-6/h1-2,4-5H,3H2. The fraction of sp³-hybridized carbons (Fsp3) is 0.125. The second kappa shape index (κ2) is 3.29. The van der Waals surface area contributed by atoms with Crippen molar-refractivity contribution in [3.63, 3.8) is 0 Å². The molecular weight excluding hydrogens is 194 g/mol. The normalized spacial score (nSPS) is 10.4. The van der Waals surface area contributed by atoms with Gasteiger partial charge in [-0.3, -0.25) is 0 Å². The predicted molar refractivity (Wildman–Crippen MR) is 49.4 cm³/mol. The van der Waals surface area contributed by atoms with Gasteiger partial charge < -0.3 is 4.42 Å². The van der Waals surface area contributed by atoms with E-state index in [0.717, 1.165) is 16.3 Å². The van der Waals surface area contributed by atoms with Crippen molar-refractivity contribution in [1.82, 2.24) is 4.98 Å². The second-order valence-corrected chi connectivity index (χ2v) is 3.48. The SMILES string of the molecule is ClCc1nc(-c2ccoc2)cs1. The van der Waals surface area contributed by atoms with Crippen LogP contribution in [0.5, 0.6) is 0 Å². The van der Waals surface area contributed by atoms with Crippen LogP contribution in [0.2, 0.25) is 0 Å². The van der Waals surface area contributed by atoms with E-state index in [2.05, 4.69) is 4.98 Å². The summed E-state index contributed by atoms with van der Waals surface area (Å²) in [6.45, 7) is 0. The molecule has 0 radical (unpaired) electrons. The van der Waals surface area contributed by atoms with Crippen molar-refractivity contribution in [3.8, 4) is 11.3 Å². The van der Waals surface area contributed by atoms with Gasteiger partial charge in [-0.2, -0.15) is 0 Å². The highest BCUT2D eigenvalue weighted by Crippen LogP contribution is 2.22. The van der Waals surface area contributed by atoms with E-state index in [0.29, 0.717) is 5.88 Å². The fourth-order valence-corrected chi connectivity index (χ4v) is 1.81. The quantitative estimate of drug-likeness (QED) is 0.695. The third-order valence-electron chi connectivity index (χ3n) is 1.48. The number of furan rings is 1. The molecule has 2 rings (SSSR count). The molecule has 0 bridgehead atoms. The summed E-state index contributed by atoms with van der Waals surface area (Å²) in [6.07, 6.45) is 3.31. The molecule has 2 aromatic heterocycles. The summed E-state index contributed by atoms with van der Waals surface area (Å²) in [4.78, 5) is 4.30. The van der Waals surface area contributed by atoms with Gasteiger partial charge in [-0.1, -0.05) is 0 Å². The summed E-state index contributed by atoms with van der Waals surface area (Å²) in [7, 11) is 0. The molecule has 0 amide bonds. The first-order valence-corrected chi connectivity index (χ1v) is 4.84. The lowest BCUT2D eigenvalue weighted by Crippen LogP contribution is -1.75. The van der Waals surface area contributed by atoms with Crippen LogP contribution in [0, 0.1) is 0 Å². The lowest BCUT2D eigenvalue weighted by atomic mass is 10.3. The van der Waals surface area contributed by atoms with E-state index < -0.39 is 0 Å². The lowest BCUT2D eigenvalue weighted by Gasteiger charge is -1.85. The smallest absolute Gasteiger partial charge is 0.108 e. The molecule has 0 aromatic carbocycles. The summed E-state index contributed by atoms with van der Waals surface area (Å²) in [6, 6.07) is 1.88. The predicted octanol–water partition coefficient (Wildman–Crippen LogP) is 3.14. The molecule has 0 N–H and O–H groups in total. The number of rotatable bonds is 2. The molecular formula is C8H6ClNOS. The molecule has 2 heterocycles. The van der Waals surface area contributed by atoms with Crippen LogP contribution in [-0.4, -0.2) is 4.98 Å². The summed E-state index contributed by atoms with van der Waals surface area (Å²) < 4.78 is 4.94. The van der Waals surface area contributed by atoms with Gasteiger partial charge in [0.15, 0.2) is 0 Å². The Bertz CT molecular complexity index is 355. The van der Waals surface area contributed by atoms with Gasteiger partial charge in [0.05, 0.1) is 24.1 Å². The van der Waals surface area contributed by atoms with Crippen molar-refractivity contribution < 1.29 is 4.42 Å². The third kappa shape index (κ3) is 1.38. The monoisotopic (exact) mass is 199 g/mol. The van der Waals surface area contributed by atoms with E-state index in [1.165, 1.54) is 0 Å². The molecule has 2 aromatic rings. The van der Waals surface area contributed by atoms with Crippen LogP contribution in [0.25, 0.3) is 11.3 Å². The van der Waals surface area contributed by atoms with E-state index in [9.17, 15) is 0 Å². The molecule has 62 valence electrons. The van der Waals surface area contributed by atoms with Crippen LogP contribution in [0.4, 0.5) is 0 Å². The van der Waals surface area contributed by atoms with E-state index in [1.54, 1.807) is 23.9 Å². The minimum absolute atomic E-state index is 0.475. The van der Waals surface area contributed by atoms with Crippen LogP contribution >= 0.6 is 22.9 Å². The van der Waals surface area contributed by atoms with Crippen molar-refractivity contribution >= 4 is 22.9 Å². The van der Waals surface area contributed by atoms with Crippen molar-refractivity contribution in [1.29, 1.82) is 0 Å². The van der Waals surface area contributed by atoms with Gasteiger partial charge in [-0.05, 0) is 6.07 Å². The first kappa shape index (κ1) is 7.83. The molecule has 0 atom stereocenters.